The monoisotopic (exact) mass is 280 g/mol. The molecule has 0 atom stereocenters. The fourth-order valence-corrected chi connectivity index (χ4v) is 1.92. The molecule has 7 heteroatoms. The molecule has 6 nitrogen and oxygen atoms in total. The van der Waals surface area contributed by atoms with Crippen molar-refractivity contribution in [2.45, 2.75) is 0 Å². The van der Waals surface area contributed by atoms with Gasteiger partial charge in [-0.05, 0) is 18.2 Å². The largest absolute Gasteiger partial charge is 0.443 e. The zero-order valence-corrected chi connectivity index (χ0v) is 11.0. The highest BCUT2D eigenvalue weighted by Crippen LogP contribution is 2.13. The maximum atomic E-state index is 11.8. The average molecular weight is 280 g/mol. The van der Waals surface area contributed by atoms with Crippen LogP contribution in [-0.4, -0.2) is 32.1 Å². The van der Waals surface area contributed by atoms with Crippen molar-refractivity contribution in [3.8, 4) is 0 Å². The van der Waals surface area contributed by atoms with Crippen molar-refractivity contribution in [2.24, 2.45) is 0 Å². The molecule has 1 amide bonds. The molecular formula is C12H12N2O4S. The molecule has 1 aromatic heterocycles. The number of fused-ring (bicyclic) bond motifs is 1. The van der Waals surface area contributed by atoms with Crippen molar-refractivity contribution in [1.82, 2.24) is 10.3 Å². The number of aromatic nitrogens is 1. The molecule has 1 N–H and O–H groups in total. The van der Waals surface area contributed by atoms with Crippen molar-refractivity contribution in [2.75, 3.05) is 12.8 Å². The Balaban J connectivity index is 2.01. The van der Waals surface area contributed by atoms with Crippen LogP contribution in [0.1, 0.15) is 10.4 Å². The molecule has 0 aliphatic carbocycles. The Morgan fingerprint density at radius 2 is 2.26 bits per heavy atom. The first-order chi connectivity index (χ1) is 8.96. The zero-order chi connectivity index (χ0) is 13.9. The molecule has 0 fully saturated rings. The Kier molecular flexibility index (Phi) is 3.66. The molecule has 2 aromatic rings. The van der Waals surface area contributed by atoms with E-state index in [-0.39, 0.29) is 12.5 Å². The van der Waals surface area contributed by atoms with E-state index in [0.29, 0.717) is 16.7 Å². The van der Waals surface area contributed by atoms with Crippen LogP contribution < -0.4 is 5.32 Å². The predicted molar refractivity (Wildman–Crippen MR) is 70.3 cm³/mol. The van der Waals surface area contributed by atoms with Crippen LogP contribution in [0.2, 0.25) is 0 Å². The quantitative estimate of drug-likeness (QED) is 0.906. The van der Waals surface area contributed by atoms with Gasteiger partial charge in [-0.15, -0.1) is 0 Å². The van der Waals surface area contributed by atoms with Gasteiger partial charge in [0, 0.05) is 23.8 Å². The lowest BCUT2D eigenvalue weighted by atomic mass is 10.2. The van der Waals surface area contributed by atoms with E-state index in [9.17, 15) is 13.2 Å². The fraction of sp³-hybridized carbons (Fsp3) is 0.167. The van der Waals surface area contributed by atoms with Crippen LogP contribution in [0, 0.1) is 0 Å². The topological polar surface area (TPSA) is 89.3 Å². The van der Waals surface area contributed by atoms with Crippen molar-refractivity contribution in [3.63, 3.8) is 0 Å². The lowest BCUT2D eigenvalue weighted by Crippen LogP contribution is -2.23. The van der Waals surface area contributed by atoms with Crippen LogP contribution in [0.3, 0.4) is 0 Å². The number of carbonyl (C=O) groups is 1. The normalized spacial score (nSPS) is 12.1. The van der Waals surface area contributed by atoms with Crippen molar-refractivity contribution in [3.05, 3.63) is 41.6 Å². The molecule has 0 spiro atoms. The lowest BCUT2D eigenvalue weighted by molar-refractivity contribution is 0.0958. The highest BCUT2D eigenvalue weighted by Gasteiger charge is 2.07. The molecule has 100 valence electrons. The van der Waals surface area contributed by atoms with Gasteiger partial charge in [0.25, 0.3) is 5.91 Å². The minimum absolute atomic E-state index is 0.142. The van der Waals surface area contributed by atoms with Crippen LogP contribution in [0.5, 0.6) is 0 Å². The smallest absolute Gasteiger partial charge is 0.251 e. The van der Waals surface area contributed by atoms with E-state index < -0.39 is 9.84 Å². The van der Waals surface area contributed by atoms with E-state index in [0.717, 1.165) is 11.7 Å². The Labute approximate surface area is 110 Å². The van der Waals surface area contributed by atoms with Crippen molar-refractivity contribution >= 4 is 26.8 Å². The molecule has 19 heavy (non-hydrogen) atoms. The SMILES string of the molecule is CS(=O)(=O)/C=C/CNC(=O)c1ccc2ocnc2c1. The number of benzene rings is 1. The summed E-state index contributed by atoms with van der Waals surface area (Å²) in [6, 6.07) is 4.88. The van der Waals surface area contributed by atoms with Gasteiger partial charge in [-0.25, -0.2) is 13.4 Å². The molecule has 0 saturated heterocycles. The minimum Gasteiger partial charge on any atom is -0.443 e. The van der Waals surface area contributed by atoms with Gasteiger partial charge >= 0.3 is 0 Å². The van der Waals surface area contributed by atoms with Crippen molar-refractivity contribution in [1.29, 1.82) is 0 Å². The van der Waals surface area contributed by atoms with Gasteiger partial charge in [0.15, 0.2) is 21.8 Å². The Morgan fingerprint density at radius 3 is 3.00 bits per heavy atom. The summed E-state index contributed by atoms with van der Waals surface area (Å²) < 4.78 is 26.8. The Morgan fingerprint density at radius 1 is 1.47 bits per heavy atom. The first-order valence-electron chi connectivity index (χ1n) is 5.44. The molecule has 2 rings (SSSR count). The van der Waals surface area contributed by atoms with Crippen LogP contribution in [-0.2, 0) is 9.84 Å². The summed E-state index contributed by atoms with van der Waals surface area (Å²) >= 11 is 0. The van der Waals surface area contributed by atoms with Crippen molar-refractivity contribution < 1.29 is 17.6 Å². The van der Waals surface area contributed by atoms with E-state index >= 15 is 0 Å². The van der Waals surface area contributed by atoms with E-state index in [1.54, 1.807) is 18.2 Å². The summed E-state index contributed by atoms with van der Waals surface area (Å²) in [5, 5.41) is 3.63. The number of hydrogen-bond acceptors (Lipinski definition) is 5. The first kappa shape index (κ1) is 13.3. The maximum Gasteiger partial charge on any atom is 0.251 e. The molecule has 0 radical (unpaired) electrons. The molecule has 1 heterocycles. The Hall–Kier alpha value is -2.15. The van der Waals surface area contributed by atoms with Gasteiger partial charge in [0.1, 0.15) is 5.52 Å². The molecular weight excluding hydrogens is 268 g/mol. The van der Waals surface area contributed by atoms with Crippen LogP contribution in [0.25, 0.3) is 11.1 Å². The number of nitrogens with zero attached hydrogens (tertiary/aromatic N) is 1. The second-order valence-corrected chi connectivity index (χ2v) is 5.88. The third-order valence-electron chi connectivity index (χ3n) is 2.32. The number of amides is 1. The number of carbonyl (C=O) groups excluding carboxylic acids is 1. The highest BCUT2D eigenvalue weighted by molar-refractivity contribution is 7.93. The van der Waals surface area contributed by atoms with Gasteiger partial charge < -0.3 is 9.73 Å². The maximum absolute atomic E-state index is 11.8. The summed E-state index contributed by atoms with van der Waals surface area (Å²) in [6.45, 7) is 0.142. The summed E-state index contributed by atoms with van der Waals surface area (Å²) in [5.41, 5.74) is 1.64. The van der Waals surface area contributed by atoms with E-state index in [1.165, 1.54) is 12.5 Å². The molecule has 0 aliphatic rings. The van der Waals surface area contributed by atoms with Crippen LogP contribution in [0.4, 0.5) is 0 Å². The fourth-order valence-electron chi connectivity index (χ4n) is 1.48. The van der Waals surface area contributed by atoms with E-state index in [1.807, 2.05) is 0 Å². The van der Waals surface area contributed by atoms with Crippen LogP contribution >= 0.6 is 0 Å². The number of nitrogens with one attached hydrogen (secondary N) is 1. The number of rotatable bonds is 4. The van der Waals surface area contributed by atoms with Gasteiger partial charge in [0.2, 0.25) is 0 Å². The second-order valence-electron chi connectivity index (χ2n) is 3.95. The number of oxazole rings is 1. The average Bonchev–Trinajstić information content (AvgIpc) is 2.80. The molecule has 0 bridgehead atoms. The number of hydrogen-bond donors (Lipinski definition) is 1. The van der Waals surface area contributed by atoms with Gasteiger partial charge in [-0.1, -0.05) is 6.08 Å². The lowest BCUT2D eigenvalue weighted by Gasteiger charge is -2.01. The first-order valence-corrected chi connectivity index (χ1v) is 7.39. The summed E-state index contributed by atoms with van der Waals surface area (Å²) in [4.78, 5) is 15.7. The predicted octanol–water partition coefficient (Wildman–Crippen LogP) is 1.12. The second kappa shape index (κ2) is 5.23. The van der Waals surface area contributed by atoms with E-state index in [4.69, 9.17) is 4.42 Å². The third-order valence-corrected chi connectivity index (χ3v) is 3.00. The molecule has 0 unspecified atom stereocenters. The molecule has 1 aromatic carbocycles. The standard InChI is InChI=1S/C12H12N2O4S/c1-19(16,17)6-2-5-13-12(15)9-3-4-11-10(7-9)14-8-18-11/h2-4,6-8H,5H2,1H3,(H,13,15)/b6-2+. The summed E-state index contributed by atoms with van der Waals surface area (Å²) in [6.07, 6.45) is 3.77. The number of sulfone groups is 1. The van der Waals surface area contributed by atoms with Gasteiger partial charge in [0.05, 0.1) is 0 Å². The minimum atomic E-state index is -3.16. The molecule has 0 aliphatic heterocycles. The van der Waals surface area contributed by atoms with E-state index in [2.05, 4.69) is 10.3 Å². The zero-order valence-electron chi connectivity index (χ0n) is 10.2. The third kappa shape index (κ3) is 3.65. The van der Waals surface area contributed by atoms with Gasteiger partial charge in [-0.2, -0.15) is 0 Å². The highest BCUT2D eigenvalue weighted by atomic mass is 32.2. The van der Waals surface area contributed by atoms with Crippen LogP contribution in [0.15, 0.2) is 40.5 Å². The summed E-state index contributed by atoms with van der Waals surface area (Å²) in [5.74, 6) is -0.303. The molecule has 0 saturated carbocycles. The summed E-state index contributed by atoms with van der Waals surface area (Å²) in [7, 11) is -3.16. The Bertz CT molecular complexity index is 731. The van der Waals surface area contributed by atoms with Gasteiger partial charge in [-0.3, -0.25) is 4.79 Å².